The van der Waals surface area contributed by atoms with Gasteiger partial charge in [-0.3, -0.25) is 14.4 Å². The number of carbonyl (C=O) groups is 3. The topological polar surface area (TPSA) is 78.9 Å². The van der Waals surface area contributed by atoms with Gasteiger partial charge < -0.3 is 14.2 Å². The number of hydrogen-bond donors (Lipinski definition) is 0. The normalized spacial score (nSPS) is 12.7. The van der Waals surface area contributed by atoms with E-state index in [1.54, 1.807) is 0 Å². The molecule has 0 heterocycles. The maximum atomic E-state index is 12.9. The van der Waals surface area contributed by atoms with Crippen molar-refractivity contribution in [1.29, 1.82) is 0 Å². The summed E-state index contributed by atoms with van der Waals surface area (Å²) in [4.78, 5) is 38.3. The van der Waals surface area contributed by atoms with Crippen LogP contribution in [0.2, 0.25) is 0 Å². The minimum absolute atomic E-state index is 0.0913. The van der Waals surface area contributed by atoms with E-state index in [0.717, 1.165) is 148 Å². The van der Waals surface area contributed by atoms with Gasteiger partial charge in [-0.1, -0.05) is 279 Å². The second kappa shape index (κ2) is 61.9. The van der Waals surface area contributed by atoms with Crippen LogP contribution in [0.1, 0.15) is 297 Å². The zero-order valence-electron chi connectivity index (χ0n) is 48.6. The molecular weight excluding hydrogens is 913 g/mol. The van der Waals surface area contributed by atoms with Crippen molar-refractivity contribution in [1.82, 2.24) is 0 Å². The molecule has 74 heavy (non-hydrogen) atoms. The predicted octanol–water partition coefficient (Wildman–Crippen LogP) is 21.3. The van der Waals surface area contributed by atoms with E-state index >= 15 is 0 Å². The smallest absolute Gasteiger partial charge is 0.306 e. The molecule has 0 radical (unpaired) electrons. The Morgan fingerprint density at radius 3 is 0.824 bits per heavy atom. The van der Waals surface area contributed by atoms with Crippen LogP contribution >= 0.6 is 0 Å². The number of esters is 3. The molecular formula is C68H116O6. The lowest BCUT2D eigenvalue weighted by molar-refractivity contribution is -0.167. The highest BCUT2D eigenvalue weighted by Gasteiger charge is 2.19. The Bertz CT molecular complexity index is 1460. The molecule has 0 fully saturated rings. The molecule has 0 spiro atoms. The van der Waals surface area contributed by atoms with Gasteiger partial charge in [0, 0.05) is 19.3 Å². The summed E-state index contributed by atoms with van der Waals surface area (Å²) >= 11 is 0. The molecule has 0 saturated carbocycles. The molecule has 0 N–H and O–H groups in total. The number of ether oxygens (including phenoxy) is 3. The van der Waals surface area contributed by atoms with Gasteiger partial charge in [0.25, 0.3) is 0 Å². The third-order valence-electron chi connectivity index (χ3n) is 13.3. The third-order valence-corrected chi connectivity index (χ3v) is 13.3. The third kappa shape index (κ3) is 59.2. The molecule has 0 rings (SSSR count). The van der Waals surface area contributed by atoms with E-state index in [1.165, 1.54) is 109 Å². The van der Waals surface area contributed by atoms with E-state index in [0.29, 0.717) is 19.3 Å². The number of rotatable bonds is 56. The maximum absolute atomic E-state index is 12.9. The van der Waals surface area contributed by atoms with Gasteiger partial charge in [-0.2, -0.15) is 0 Å². The molecule has 1 atom stereocenters. The van der Waals surface area contributed by atoms with Gasteiger partial charge in [0.05, 0.1) is 0 Å². The molecule has 0 aliphatic carbocycles. The van der Waals surface area contributed by atoms with Crippen LogP contribution in [-0.2, 0) is 28.6 Å². The summed E-state index contributed by atoms with van der Waals surface area (Å²) in [5, 5.41) is 0. The van der Waals surface area contributed by atoms with E-state index in [9.17, 15) is 14.4 Å². The number of carbonyl (C=O) groups excluding carboxylic acids is 3. The maximum Gasteiger partial charge on any atom is 0.306 e. The summed E-state index contributed by atoms with van der Waals surface area (Å²) in [6, 6.07) is 0. The predicted molar refractivity (Wildman–Crippen MR) is 320 cm³/mol. The molecule has 0 aliphatic rings. The fraction of sp³-hybridized carbons (Fsp3) is 0.721. The van der Waals surface area contributed by atoms with Gasteiger partial charge >= 0.3 is 17.9 Å². The summed E-state index contributed by atoms with van der Waals surface area (Å²) in [6.07, 6.45) is 82.6. The zero-order valence-corrected chi connectivity index (χ0v) is 48.6. The van der Waals surface area contributed by atoms with Crippen molar-refractivity contribution in [3.63, 3.8) is 0 Å². The molecule has 0 aliphatic heterocycles. The average molecular weight is 1030 g/mol. The molecule has 0 aromatic carbocycles. The molecule has 6 nitrogen and oxygen atoms in total. The van der Waals surface area contributed by atoms with Crippen molar-refractivity contribution in [2.75, 3.05) is 13.2 Å². The summed E-state index contributed by atoms with van der Waals surface area (Å²) < 4.78 is 16.9. The minimum atomic E-state index is -0.794. The van der Waals surface area contributed by atoms with Crippen LogP contribution in [0.5, 0.6) is 0 Å². The van der Waals surface area contributed by atoms with Gasteiger partial charge in [0.1, 0.15) is 13.2 Å². The van der Waals surface area contributed by atoms with Crippen LogP contribution in [0.25, 0.3) is 0 Å². The van der Waals surface area contributed by atoms with E-state index in [-0.39, 0.29) is 31.1 Å². The van der Waals surface area contributed by atoms with E-state index < -0.39 is 6.10 Å². The highest BCUT2D eigenvalue weighted by Crippen LogP contribution is 2.17. The van der Waals surface area contributed by atoms with Gasteiger partial charge in [0.2, 0.25) is 0 Å². The first-order valence-corrected chi connectivity index (χ1v) is 31.2. The SMILES string of the molecule is CC/C=C\C/C=C\C/C=C\C/C=C\C/C=C\CCCCCCCC(=O)OCC(COC(=O)CCCCCCC/C=C\C/C=C\C/C=C\CC)OC(=O)CCCCCCCCCCCCCCCCCCCCCC. The molecule has 424 valence electrons. The first-order valence-electron chi connectivity index (χ1n) is 31.2. The molecule has 0 aromatic rings. The molecule has 0 saturated heterocycles. The van der Waals surface area contributed by atoms with Crippen LogP contribution in [-0.4, -0.2) is 37.2 Å². The van der Waals surface area contributed by atoms with E-state index in [2.05, 4.69) is 118 Å². The van der Waals surface area contributed by atoms with Crippen molar-refractivity contribution in [3.05, 3.63) is 97.2 Å². The number of unbranched alkanes of at least 4 members (excludes halogenated alkanes) is 29. The van der Waals surface area contributed by atoms with Gasteiger partial charge in [-0.25, -0.2) is 0 Å². The largest absolute Gasteiger partial charge is 0.462 e. The molecule has 0 amide bonds. The van der Waals surface area contributed by atoms with Gasteiger partial charge in [0.15, 0.2) is 6.10 Å². The summed E-state index contributed by atoms with van der Waals surface area (Å²) in [5.41, 5.74) is 0. The van der Waals surface area contributed by atoms with Crippen molar-refractivity contribution in [2.24, 2.45) is 0 Å². The Labute approximate surface area is 457 Å². The fourth-order valence-electron chi connectivity index (χ4n) is 8.72. The molecule has 1 unspecified atom stereocenters. The van der Waals surface area contributed by atoms with Gasteiger partial charge in [-0.05, 0) is 96.3 Å². The second-order valence-electron chi connectivity index (χ2n) is 20.6. The Hall–Kier alpha value is -3.67. The highest BCUT2D eigenvalue weighted by atomic mass is 16.6. The number of allylic oxidation sites excluding steroid dienone is 16. The highest BCUT2D eigenvalue weighted by molar-refractivity contribution is 5.71. The number of hydrogen-bond acceptors (Lipinski definition) is 6. The minimum Gasteiger partial charge on any atom is -0.462 e. The van der Waals surface area contributed by atoms with Crippen molar-refractivity contribution in [3.8, 4) is 0 Å². The van der Waals surface area contributed by atoms with E-state index in [1.807, 2.05) is 0 Å². The summed E-state index contributed by atoms with van der Waals surface area (Å²) in [6.45, 7) is 6.41. The van der Waals surface area contributed by atoms with Crippen LogP contribution in [0, 0.1) is 0 Å². The average Bonchev–Trinajstić information content (AvgIpc) is 3.40. The molecule has 0 aromatic heterocycles. The second-order valence-corrected chi connectivity index (χ2v) is 20.6. The Balaban J connectivity index is 4.41. The standard InChI is InChI=1S/C68H116O6/c1-4-7-10-13-16-19-22-25-28-30-32-34-36-37-40-43-46-49-52-55-58-61-67(70)73-64-65(63-72-66(69)60-57-54-51-48-45-42-39-27-24-21-18-15-12-9-6-3)74-68(71)62-59-56-53-50-47-44-41-38-35-33-31-29-26-23-20-17-14-11-8-5-2/h7,9-10,12,16,18-19,21,25,27-28,32,34,37,39-40,65H,4-6,8,11,13-15,17,20,22-24,26,29-31,33,35-36,38,41-64H2,1-3H3/b10-7-,12-9-,19-16-,21-18-,28-25-,34-32-,39-27-,40-37-. The van der Waals surface area contributed by atoms with Gasteiger partial charge in [-0.15, -0.1) is 0 Å². The lowest BCUT2D eigenvalue weighted by Crippen LogP contribution is -2.30. The van der Waals surface area contributed by atoms with Crippen LogP contribution in [0.15, 0.2) is 97.2 Å². The van der Waals surface area contributed by atoms with Crippen LogP contribution in [0.4, 0.5) is 0 Å². The quantitative estimate of drug-likeness (QED) is 0.0261. The fourth-order valence-corrected chi connectivity index (χ4v) is 8.72. The summed E-state index contributed by atoms with van der Waals surface area (Å²) in [5.74, 6) is -0.915. The Kier molecular flexibility index (Phi) is 58.8. The lowest BCUT2D eigenvalue weighted by Gasteiger charge is -2.18. The molecule has 6 heteroatoms. The Morgan fingerprint density at radius 1 is 0.284 bits per heavy atom. The van der Waals surface area contributed by atoms with Crippen molar-refractivity contribution in [2.45, 2.75) is 303 Å². The van der Waals surface area contributed by atoms with Crippen LogP contribution in [0.3, 0.4) is 0 Å². The first kappa shape index (κ1) is 70.3. The van der Waals surface area contributed by atoms with Crippen molar-refractivity contribution >= 4 is 17.9 Å². The Morgan fingerprint density at radius 2 is 0.527 bits per heavy atom. The van der Waals surface area contributed by atoms with Crippen molar-refractivity contribution < 1.29 is 28.6 Å². The van der Waals surface area contributed by atoms with Crippen LogP contribution < -0.4 is 0 Å². The monoisotopic (exact) mass is 1030 g/mol. The van der Waals surface area contributed by atoms with E-state index in [4.69, 9.17) is 14.2 Å². The lowest BCUT2D eigenvalue weighted by atomic mass is 10.0. The molecule has 0 bridgehead atoms. The zero-order chi connectivity index (χ0) is 53.6. The first-order chi connectivity index (χ1) is 36.5. The summed E-state index contributed by atoms with van der Waals surface area (Å²) in [7, 11) is 0.